The van der Waals surface area contributed by atoms with Gasteiger partial charge in [0.05, 0.1) is 6.61 Å². The van der Waals surface area contributed by atoms with Gasteiger partial charge in [-0.15, -0.1) is 0 Å². The van der Waals surface area contributed by atoms with Gasteiger partial charge in [0.15, 0.2) is 0 Å². The largest absolute Gasteiger partial charge is 0.494 e. The number of nitrogens with one attached hydrogen (secondary N) is 1. The van der Waals surface area contributed by atoms with Gasteiger partial charge in [-0.25, -0.2) is 0 Å². The Labute approximate surface area is 172 Å². The molecule has 1 fully saturated rings. The maximum Gasteiger partial charge on any atom is 0.226 e. The Morgan fingerprint density at radius 3 is 2.28 bits per heavy atom. The van der Waals surface area contributed by atoms with Crippen LogP contribution in [0.3, 0.4) is 0 Å². The Morgan fingerprint density at radius 2 is 1.69 bits per heavy atom. The molecule has 1 aliphatic rings. The fraction of sp³-hybridized carbons (Fsp3) is 0.391. The summed E-state index contributed by atoms with van der Waals surface area (Å²) in [6.45, 7) is 6.56. The van der Waals surface area contributed by atoms with Gasteiger partial charge >= 0.3 is 0 Å². The maximum atomic E-state index is 12.3. The van der Waals surface area contributed by atoms with Crippen molar-refractivity contribution in [2.45, 2.75) is 33.1 Å². The van der Waals surface area contributed by atoms with Crippen LogP contribution in [0.1, 0.15) is 33.1 Å². The van der Waals surface area contributed by atoms with Gasteiger partial charge < -0.3 is 19.9 Å². The molecule has 0 aliphatic carbocycles. The molecule has 2 amide bonds. The van der Waals surface area contributed by atoms with Crippen molar-refractivity contribution < 1.29 is 14.3 Å². The molecule has 6 nitrogen and oxygen atoms in total. The normalized spacial score (nSPS) is 13.2. The van der Waals surface area contributed by atoms with Gasteiger partial charge in [-0.05, 0) is 68.3 Å². The van der Waals surface area contributed by atoms with Crippen molar-refractivity contribution in [3.05, 3.63) is 48.5 Å². The molecule has 1 heterocycles. The molecule has 1 N–H and O–H groups in total. The summed E-state index contributed by atoms with van der Waals surface area (Å²) >= 11 is 0. The highest BCUT2D eigenvalue weighted by atomic mass is 16.5. The van der Waals surface area contributed by atoms with Gasteiger partial charge in [-0.1, -0.05) is 0 Å². The molecule has 0 bridgehead atoms. The minimum atomic E-state index is -0.130. The van der Waals surface area contributed by atoms with E-state index in [1.54, 1.807) is 4.90 Å². The van der Waals surface area contributed by atoms with Crippen LogP contribution < -0.4 is 19.9 Å². The zero-order valence-electron chi connectivity index (χ0n) is 17.2. The second-order valence-electron chi connectivity index (χ2n) is 7.14. The summed E-state index contributed by atoms with van der Waals surface area (Å²) in [7, 11) is 0. The molecule has 0 unspecified atom stereocenters. The molecule has 154 valence electrons. The van der Waals surface area contributed by atoms with Gasteiger partial charge in [0, 0.05) is 50.0 Å². The van der Waals surface area contributed by atoms with Gasteiger partial charge in [0.2, 0.25) is 11.8 Å². The van der Waals surface area contributed by atoms with Crippen molar-refractivity contribution in [2.75, 3.05) is 41.4 Å². The van der Waals surface area contributed by atoms with Crippen molar-refractivity contribution in [2.24, 2.45) is 0 Å². The summed E-state index contributed by atoms with van der Waals surface area (Å²) in [5.41, 5.74) is 2.71. The number of hydrogen-bond donors (Lipinski definition) is 1. The SMILES string of the molecule is CCOc1ccc(NC(=O)CCN(C(C)=O)c2ccc(N3CCCC3)cc2)cc1. The molecule has 6 heteroatoms. The van der Waals surface area contributed by atoms with Crippen LogP contribution in [0.4, 0.5) is 17.1 Å². The number of nitrogens with zero attached hydrogens (tertiary/aromatic N) is 2. The number of ether oxygens (including phenoxy) is 1. The number of carbonyl (C=O) groups excluding carboxylic acids is 2. The summed E-state index contributed by atoms with van der Waals surface area (Å²) in [6, 6.07) is 15.3. The zero-order chi connectivity index (χ0) is 20.6. The van der Waals surface area contributed by atoms with Crippen LogP contribution in [0.5, 0.6) is 5.75 Å². The standard InChI is InChI=1S/C23H29N3O3/c1-3-29-22-12-6-19(7-13-22)24-23(28)14-17-26(18(2)27)21-10-8-20(9-11-21)25-15-4-5-16-25/h6-13H,3-5,14-17H2,1-2H3,(H,24,28). The Kier molecular flexibility index (Phi) is 7.11. The van der Waals surface area contributed by atoms with E-state index in [9.17, 15) is 9.59 Å². The lowest BCUT2D eigenvalue weighted by molar-refractivity contribution is -0.117. The van der Waals surface area contributed by atoms with Gasteiger partial charge in [0.1, 0.15) is 5.75 Å². The molecule has 2 aromatic rings. The first-order chi connectivity index (χ1) is 14.1. The second kappa shape index (κ2) is 9.96. The van der Waals surface area contributed by atoms with Crippen LogP contribution in [-0.2, 0) is 9.59 Å². The van der Waals surface area contributed by atoms with E-state index < -0.39 is 0 Å². The van der Waals surface area contributed by atoms with Crippen LogP contribution in [-0.4, -0.2) is 38.1 Å². The smallest absolute Gasteiger partial charge is 0.226 e. The topological polar surface area (TPSA) is 61.9 Å². The minimum Gasteiger partial charge on any atom is -0.494 e. The predicted molar refractivity (Wildman–Crippen MR) is 117 cm³/mol. The molecule has 29 heavy (non-hydrogen) atoms. The molecule has 2 aromatic carbocycles. The van der Waals surface area contributed by atoms with E-state index in [-0.39, 0.29) is 18.2 Å². The third kappa shape index (κ3) is 5.73. The van der Waals surface area contributed by atoms with Crippen molar-refractivity contribution in [1.82, 2.24) is 0 Å². The number of hydrogen-bond acceptors (Lipinski definition) is 4. The van der Waals surface area contributed by atoms with Crippen molar-refractivity contribution in [1.29, 1.82) is 0 Å². The third-order valence-corrected chi connectivity index (χ3v) is 5.02. The number of anilines is 3. The first-order valence-corrected chi connectivity index (χ1v) is 10.2. The number of amides is 2. The molecule has 1 saturated heterocycles. The second-order valence-corrected chi connectivity index (χ2v) is 7.14. The molecular weight excluding hydrogens is 366 g/mol. The van der Waals surface area contributed by atoms with Crippen molar-refractivity contribution in [3.8, 4) is 5.75 Å². The highest BCUT2D eigenvalue weighted by Crippen LogP contribution is 2.24. The molecule has 3 rings (SSSR count). The molecule has 0 aromatic heterocycles. The number of benzene rings is 2. The fourth-order valence-electron chi connectivity index (χ4n) is 3.53. The average Bonchev–Trinajstić information content (AvgIpc) is 3.25. The summed E-state index contributed by atoms with van der Waals surface area (Å²) in [5.74, 6) is 0.563. The average molecular weight is 396 g/mol. The lowest BCUT2D eigenvalue weighted by atomic mass is 10.2. The van der Waals surface area contributed by atoms with Crippen molar-refractivity contribution >= 4 is 28.9 Å². The summed E-state index contributed by atoms with van der Waals surface area (Å²) in [6.07, 6.45) is 2.68. The van der Waals surface area contributed by atoms with Crippen LogP contribution in [0.15, 0.2) is 48.5 Å². The fourth-order valence-corrected chi connectivity index (χ4v) is 3.53. The molecule has 0 saturated carbocycles. The van der Waals surface area contributed by atoms with Crippen LogP contribution in [0, 0.1) is 0 Å². The quantitative estimate of drug-likeness (QED) is 0.732. The van der Waals surface area contributed by atoms with Crippen LogP contribution >= 0.6 is 0 Å². The molecule has 0 radical (unpaired) electrons. The molecule has 1 aliphatic heterocycles. The van der Waals surface area contributed by atoms with Crippen LogP contribution in [0.25, 0.3) is 0 Å². The monoisotopic (exact) mass is 395 g/mol. The molecular formula is C23H29N3O3. The van der Waals surface area contributed by atoms with Crippen molar-refractivity contribution in [3.63, 3.8) is 0 Å². The Morgan fingerprint density at radius 1 is 1.03 bits per heavy atom. The Balaban J connectivity index is 1.56. The summed E-state index contributed by atoms with van der Waals surface area (Å²) < 4.78 is 5.40. The van der Waals surface area contributed by atoms with Gasteiger partial charge in [0.25, 0.3) is 0 Å². The highest BCUT2D eigenvalue weighted by Gasteiger charge is 2.16. The predicted octanol–water partition coefficient (Wildman–Crippen LogP) is 4.07. The Hall–Kier alpha value is -3.02. The minimum absolute atomic E-state index is 0.0761. The van der Waals surface area contributed by atoms with E-state index in [4.69, 9.17) is 4.74 Å². The number of rotatable bonds is 8. The third-order valence-electron chi connectivity index (χ3n) is 5.02. The highest BCUT2D eigenvalue weighted by molar-refractivity contribution is 5.95. The van der Waals surface area contributed by atoms with E-state index in [0.717, 1.165) is 24.5 Å². The maximum absolute atomic E-state index is 12.3. The zero-order valence-corrected chi connectivity index (χ0v) is 17.2. The lowest BCUT2D eigenvalue weighted by Gasteiger charge is -2.23. The van der Waals surface area contributed by atoms with E-state index in [1.807, 2.05) is 43.3 Å². The first-order valence-electron chi connectivity index (χ1n) is 10.2. The first kappa shape index (κ1) is 20.7. The van der Waals surface area contributed by atoms with Crippen LogP contribution in [0.2, 0.25) is 0 Å². The van der Waals surface area contributed by atoms with E-state index in [1.165, 1.54) is 25.5 Å². The number of carbonyl (C=O) groups is 2. The van der Waals surface area contributed by atoms with E-state index in [0.29, 0.717) is 18.8 Å². The molecule has 0 atom stereocenters. The Bertz CT molecular complexity index is 812. The van der Waals surface area contributed by atoms with Gasteiger partial charge in [-0.3, -0.25) is 9.59 Å². The summed E-state index contributed by atoms with van der Waals surface area (Å²) in [5, 5.41) is 2.86. The van der Waals surface area contributed by atoms with E-state index in [2.05, 4.69) is 22.3 Å². The van der Waals surface area contributed by atoms with Gasteiger partial charge in [-0.2, -0.15) is 0 Å². The molecule has 0 spiro atoms. The van der Waals surface area contributed by atoms with E-state index >= 15 is 0 Å². The summed E-state index contributed by atoms with van der Waals surface area (Å²) in [4.78, 5) is 28.4. The lowest BCUT2D eigenvalue weighted by Crippen LogP contribution is -2.32.